The molecule has 1 heterocycles. The van der Waals surface area contributed by atoms with Crippen molar-refractivity contribution in [3.05, 3.63) is 35.6 Å². The van der Waals surface area contributed by atoms with Crippen molar-refractivity contribution in [1.29, 1.82) is 0 Å². The molecule has 0 radical (unpaired) electrons. The molecular formula is C17H27FN4. The number of hydrogen-bond donors (Lipinski definition) is 2. The van der Waals surface area contributed by atoms with Gasteiger partial charge in [-0.1, -0.05) is 19.1 Å². The van der Waals surface area contributed by atoms with Crippen LogP contribution in [-0.2, 0) is 6.54 Å². The van der Waals surface area contributed by atoms with E-state index in [9.17, 15) is 4.39 Å². The van der Waals surface area contributed by atoms with Crippen LogP contribution in [0.3, 0.4) is 0 Å². The molecular weight excluding hydrogens is 279 g/mol. The molecule has 1 aliphatic rings. The molecule has 1 saturated heterocycles. The highest BCUT2D eigenvalue weighted by Gasteiger charge is 2.18. The zero-order valence-corrected chi connectivity index (χ0v) is 13.6. The average molecular weight is 306 g/mol. The lowest BCUT2D eigenvalue weighted by Crippen LogP contribution is -2.44. The summed E-state index contributed by atoms with van der Waals surface area (Å²) in [5.74, 6) is 1.24. The topological polar surface area (TPSA) is 39.7 Å². The fraction of sp³-hybridized carbons (Fsp3) is 0.588. The average Bonchev–Trinajstić information content (AvgIpc) is 2.55. The third kappa shape index (κ3) is 5.30. The van der Waals surface area contributed by atoms with E-state index in [2.05, 4.69) is 27.4 Å². The van der Waals surface area contributed by atoms with Gasteiger partial charge >= 0.3 is 0 Å². The predicted octanol–water partition coefficient (Wildman–Crippen LogP) is 2.22. The van der Waals surface area contributed by atoms with Gasteiger partial charge in [-0.2, -0.15) is 0 Å². The van der Waals surface area contributed by atoms with Crippen molar-refractivity contribution < 1.29 is 4.39 Å². The number of hydrogen-bond acceptors (Lipinski definition) is 2. The SMILES string of the molecule is CCN1CCCC(CNC(=NC)NCc2cccc(F)c2)C1. The summed E-state index contributed by atoms with van der Waals surface area (Å²) < 4.78 is 13.2. The number of halogens is 1. The van der Waals surface area contributed by atoms with Crippen LogP contribution in [0.15, 0.2) is 29.3 Å². The van der Waals surface area contributed by atoms with Crippen molar-refractivity contribution in [2.24, 2.45) is 10.9 Å². The number of guanidine groups is 1. The van der Waals surface area contributed by atoms with Crippen molar-refractivity contribution in [3.8, 4) is 0 Å². The first-order valence-corrected chi connectivity index (χ1v) is 8.12. The second-order valence-corrected chi connectivity index (χ2v) is 5.84. The Kier molecular flexibility index (Phi) is 6.65. The van der Waals surface area contributed by atoms with E-state index < -0.39 is 0 Å². The fourth-order valence-electron chi connectivity index (χ4n) is 2.90. The van der Waals surface area contributed by atoms with Crippen LogP contribution in [-0.4, -0.2) is 44.1 Å². The van der Waals surface area contributed by atoms with E-state index in [1.165, 1.54) is 25.5 Å². The van der Waals surface area contributed by atoms with Crippen LogP contribution in [0.25, 0.3) is 0 Å². The van der Waals surface area contributed by atoms with Crippen LogP contribution in [0.2, 0.25) is 0 Å². The Morgan fingerprint density at radius 1 is 1.41 bits per heavy atom. The number of benzene rings is 1. The van der Waals surface area contributed by atoms with Crippen molar-refractivity contribution in [1.82, 2.24) is 15.5 Å². The summed E-state index contributed by atoms with van der Waals surface area (Å²) in [5.41, 5.74) is 0.915. The zero-order chi connectivity index (χ0) is 15.8. The largest absolute Gasteiger partial charge is 0.356 e. The van der Waals surface area contributed by atoms with Gasteiger partial charge < -0.3 is 15.5 Å². The van der Waals surface area contributed by atoms with Gasteiger partial charge in [0, 0.05) is 26.7 Å². The minimum Gasteiger partial charge on any atom is -0.356 e. The highest BCUT2D eigenvalue weighted by atomic mass is 19.1. The number of piperidine rings is 1. The minimum atomic E-state index is -0.205. The summed E-state index contributed by atoms with van der Waals surface area (Å²) in [6, 6.07) is 6.63. The zero-order valence-electron chi connectivity index (χ0n) is 13.6. The molecule has 0 spiro atoms. The molecule has 0 saturated carbocycles. The van der Waals surface area contributed by atoms with Gasteiger partial charge in [0.15, 0.2) is 5.96 Å². The summed E-state index contributed by atoms with van der Waals surface area (Å²) in [7, 11) is 1.76. The molecule has 0 amide bonds. The molecule has 2 rings (SSSR count). The number of nitrogens with one attached hydrogen (secondary N) is 2. The monoisotopic (exact) mass is 306 g/mol. The standard InChI is InChI=1S/C17H27FN4/c1-3-22-9-5-7-15(13-22)12-21-17(19-2)20-11-14-6-4-8-16(18)10-14/h4,6,8,10,15H,3,5,7,9,11-13H2,1-2H3,(H2,19,20,21). The Hall–Kier alpha value is -1.62. The quantitative estimate of drug-likeness (QED) is 0.647. The normalized spacial score (nSPS) is 20.0. The van der Waals surface area contributed by atoms with Gasteiger partial charge in [-0.15, -0.1) is 0 Å². The van der Waals surface area contributed by atoms with Crippen LogP contribution < -0.4 is 10.6 Å². The first kappa shape index (κ1) is 16.7. The first-order chi connectivity index (χ1) is 10.7. The molecule has 1 unspecified atom stereocenters. The fourth-order valence-corrected chi connectivity index (χ4v) is 2.90. The van der Waals surface area contributed by atoms with Crippen LogP contribution in [0.5, 0.6) is 0 Å². The van der Waals surface area contributed by atoms with Crippen LogP contribution in [0, 0.1) is 11.7 Å². The van der Waals surface area contributed by atoms with E-state index in [4.69, 9.17) is 0 Å². The predicted molar refractivity (Wildman–Crippen MR) is 89.4 cm³/mol. The minimum absolute atomic E-state index is 0.205. The van der Waals surface area contributed by atoms with E-state index in [0.29, 0.717) is 12.5 Å². The molecule has 122 valence electrons. The van der Waals surface area contributed by atoms with Gasteiger partial charge in [-0.3, -0.25) is 4.99 Å². The van der Waals surface area contributed by atoms with Crippen LogP contribution in [0.1, 0.15) is 25.3 Å². The first-order valence-electron chi connectivity index (χ1n) is 8.12. The summed E-state index contributed by atoms with van der Waals surface area (Å²) in [5, 5.41) is 6.62. The van der Waals surface area contributed by atoms with Crippen LogP contribution in [0.4, 0.5) is 4.39 Å². The van der Waals surface area contributed by atoms with E-state index in [1.54, 1.807) is 19.2 Å². The Morgan fingerprint density at radius 3 is 3.00 bits per heavy atom. The lowest BCUT2D eigenvalue weighted by Gasteiger charge is -2.32. The molecule has 1 fully saturated rings. The molecule has 2 N–H and O–H groups in total. The second-order valence-electron chi connectivity index (χ2n) is 5.84. The molecule has 1 aliphatic heterocycles. The number of rotatable bonds is 5. The molecule has 0 aromatic heterocycles. The molecule has 4 nitrogen and oxygen atoms in total. The maximum absolute atomic E-state index is 13.2. The van der Waals surface area contributed by atoms with Crippen molar-refractivity contribution >= 4 is 5.96 Å². The number of nitrogens with zero attached hydrogens (tertiary/aromatic N) is 2. The highest BCUT2D eigenvalue weighted by Crippen LogP contribution is 2.15. The molecule has 1 aromatic carbocycles. The van der Waals surface area contributed by atoms with Gasteiger partial charge in [0.2, 0.25) is 0 Å². The molecule has 1 atom stereocenters. The highest BCUT2D eigenvalue weighted by molar-refractivity contribution is 5.79. The molecule has 1 aromatic rings. The summed E-state index contributed by atoms with van der Waals surface area (Å²) >= 11 is 0. The van der Waals surface area contributed by atoms with Gasteiger partial charge in [0.05, 0.1) is 0 Å². The van der Waals surface area contributed by atoms with Crippen molar-refractivity contribution in [2.45, 2.75) is 26.3 Å². The maximum Gasteiger partial charge on any atom is 0.191 e. The van der Waals surface area contributed by atoms with Crippen molar-refractivity contribution in [2.75, 3.05) is 33.2 Å². The lowest BCUT2D eigenvalue weighted by atomic mass is 9.98. The molecule has 22 heavy (non-hydrogen) atoms. The van der Waals surface area contributed by atoms with Gasteiger partial charge in [-0.05, 0) is 49.5 Å². The number of aliphatic imine (C=N–C) groups is 1. The molecule has 0 bridgehead atoms. The Balaban J connectivity index is 1.75. The lowest BCUT2D eigenvalue weighted by molar-refractivity contribution is 0.183. The van der Waals surface area contributed by atoms with Gasteiger partial charge in [-0.25, -0.2) is 4.39 Å². The molecule has 5 heteroatoms. The van der Waals surface area contributed by atoms with E-state index in [1.807, 2.05) is 6.07 Å². The Bertz CT molecular complexity index is 489. The molecule has 0 aliphatic carbocycles. The summed E-state index contributed by atoms with van der Waals surface area (Å²) in [6.07, 6.45) is 2.54. The van der Waals surface area contributed by atoms with E-state index in [-0.39, 0.29) is 5.82 Å². The van der Waals surface area contributed by atoms with E-state index in [0.717, 1.165) is 31.2 Å². The third-order valence-electron chi connectivity index (χ3n) is 4.18. The Labute approximate surface area is 132 Å². The van der Waals surface area contributed by atoms with Crippen LogP contribution >= 0.6 is 0 Å². The smallest absolute Gasteiger partial charge is 0.191 e. The van der Waals surface area contributed by atoms with Crippen molar-refractivity contribution in [3.63, 3.8) is 0 Å². The summed E-state index contributed by atoms with van der Waals surface area (Å²) in [4.78, 5) is 6.73. The third-order valence-corrected chi connectivity index (χ3v) is 4.18. The maximum atomic E-state index is 13.2. The van der Waals surface area contributed by atoms with E-state index >= 15 is 0 Å². The van der Waals surface area contributed by atoms with Gasteiger partial charge in [0.1, 0.15) is 5.82 Å². The number of likely N-dealkylation sites (tertiary alicyclic amines) is 1. The van der Waals surface area contributed by atoms with Gasteiger partial charge in [0.25, 0.3) is 0 Å². The Morgan fingerprint density at radius 2 is 2.27 bits per heavy atom. The summed E-state index contributed by atoms with van der Waals surface area (Å²) in [6.45, 7) is 7.23. The second kappa shape index (κ2) is 8.73.